The van der Waals surface area contributed by atoms with Crippen LogP contribution >= 0.6 is 12.2 Å². The molecule has 0 atom stereocenters. The number of nitrogens with two attached hydrogens (primary N) is 1. The van der Waals surface area contributed by atoms with Crippen molar-refractivity contribution in [3.05, 3.63) is 35.1 Å². The summed E-state index contributed by atoms with van der Waals surface area (Å²) < 4.78 is 13.9. The van der Waals surface area contributed by atoms with Crippen LogP contribution in [-0.4, -0.2) is 34.7 Å². The molecule has 0 saturated carbocycles. The molecule has 1 aromatic rings. The topological polar surface area (TPSA) is 49.5 Å². The zero-order valence-corrected chi connectivity index (χ0v) is 11.6. The second kappa shape index (κ2) is 6.41. The van der Waals surface area contributed by atoms with E-state index in [0.29, 0.717) is 23.6 Å². The van der Waals surface area contributed by atoms with Crippen molar-refractivity contribution < 1.29 is 9.50 Å². The highest BCUT2D eigenvalue weighted by atomic mass is 32.1. The number of piperidine rings is 1. The van der Waals surface area contributed by atoms with Gasteiger partial charge >= 0.3 is 0 Å². The minimum absolute atomic E-state index is 0.217. The van der Waals surface area contributed by atoms with Gasteiger partial charge in [-0.1, -0.05) is 24.4 Å². The maximum absolute atomic E-state index is 13.9. The highest BCUT2D eigenvalue weighted by Gasteiger charge is 2.19. The lowest BCUT2D eigenvalue weighted by molar-refractivity contribution is 0.126. The van der Waals surface area contributed by atoms with E-state index in [-0.39, 0.29) is 17.4 Å². The lowest BCUT2D eigenvalue weighted by Crippen LogP contribution is -2.34. The van der Waals surface area contributed by atoms with Gasteiger partial charge in [0, 0.05) is 24.3 Å². The molecule has 0 aliphatic carbocycles. The molecule has 0 aromatic heterocycles. The van der Waals surface area contributed by atoms with Crippen LogP contribution in [0.2, 0.25) is 0 Å². The van der Waals surface area contributed by atoms with E-state index in [1.165, 1.54) is 6.07 Å². The zero-order valence-electron chi connectivity index (χ0n) is 10.8. The first-order valence-electron chi connectivity index (χ1n) is 6.51. The number of thiocarbonyl (C=S) groups is 1. The number of aliphatic hydroxyl groups is 1. The highest BCUT2D eigenvalue weighted by molar-refractivity contribution is 7.80. The van der Waals surface area contributed by atoms with Crippen molar-refractivity contribution in [3.63, 3.8) is 0 Å². The third-order valence-electron chi connectivity index (χ3n) is 3.70. The molecule has 104 valence electrons. The van der Waals surface area contributed by atoms with Gasteiger partial charge in [-0.05, 0) is 37.9 Å². The van der Waals surface area contributed by atoms with Crippen LogP contribution in [0.15, 0.2) is 18.2 Å². The fourth-order valence-electron chi connectivity index (χ4n) is 2.40. The van der Waals surface area contributed by atoms with Crippen molar-refractivity contribution >= 4 is 17.2 Å². The van der Waals surface area contributed by atoms with Gasteiger partial charge in [0.1, 0.15) is 10.8 Å². The van der Waals surface area contributed by atoms with Gasteiger partial charge in [0.15, 0.2) is 0 Å². The second-order valence-electron chi connectivity index (χ2n) is 5.07. The maximum Gasteiger partial charge on any atom is 0.128 e. The Morgan fingerprint density at radius 2 is 2.11 bits per heavy atom. The minimum atomic E-state index is -0.255. The van der Waals surface area contributed by atoms with Crippen LogP contribution in [0, 0.1) is 11.7 Å². The van der Waals surface area contributed by atoms with Crippen molar-refractivity contribution in [2.24, 2.45) is 11.7 Å². The molecule has 3 nitrogen and oxygen atoms in total. The number of nitrogens with zero attached hydrogens (tertiary/aromatic N) is 1. The Kier molecular flexibility index (Phi) is 4.85. The van der Waals surface area contributed by atoms with Crippen LogP contribution in [0.5, 0.6) is 0 Å². The molecule has 19 heavy (non-hydrogen) atoms. The fraction of sp³-hybridized carbons (Fsp3) is 0.500. The van der Waals surface area contributed by atoms with Crippen LogP contribution in [0.25, 0.3) is 0 Å². The van der Waals surface area contributed by atoms with Gasteiger partial charge in [-0.2, -0.15) is 0 Å². The van der Waals surface area contributed by atoms with E-state index in [1.54, 1.807) is 12.1 Å². The average molecular weight is 282 g/mol. The van der Waals surface area contributed by atoms with Crippen molar-refractivity contribution in [1.82, 2.24) is 4.90 Å². The van der Waals surface area contributed by atoms with E-state index < -0.39 is 0 Å². The third kappa shape index (κ3) is 3.72. The summed E-state index contributed by atoms with van der Waals surface area (Å²) in [6.45, 7) is 2.66. The molecule has 2 rings (SSSR count). The molecule has 0 amide bonds. The normalized spacial score (nSPS) is 17.6. The molecule has 1 fully saturated rings. The number of aliphatic hydroxyl groups excluding tert-OH is 1. The first-order valence-corrected chi connectivity index (χ1v) is 6.92. The summed E-state index contributed by atoms with van der Waals surface area (Å²) in [6.07, 6.45) is 1.95. The maximum atomic E-state index is 13.9. The molecule has 1 heterocycles. The molecular formula is C14H19FN2OS. The summed E-state index contributed by atoms with van der Waals surface area (Å²) in [4.78, 5) is 2.43. The largest absolute Gasteiger partial charge is 0.396 e. The summed E-state index contributed by atoms with van der Waals surface area (Å²) in [5.41, 5.74) is 6.71. The summed E-state index contributed by atoms with van der Waals surface area (Å²) in [6, 6.07) is 4.92. The molecule has 1 aromatic carbocycles. The van der Waals surface area contributed by atoms with E-state index in [1.807, 2.05) is 0 Å². The number of hydrogen-bond donors (Lipinski definition) is 2. The Morgan fingerprint density at radius 3 is 2.63 bits per heavy atom. The van der Waals surface area contributed by atoms with Gasteiger partial charge < -0.3 is 10.8 Å². The average Bonchev–Trinajstić information content (AvgIpc) is 2.41. The standard InChI is InChI=1S/C14H19FN2OS/c15-13-7-11(14(16)19)1-2-12(13)8-17-5-3-10(9-18)4-6-17/h1-2,7,10,18H,3-6,8-9H2,(H2,16,19). The van der Waals surface area contributed by atoms with Crippen LogP contribution in [-0.2, 0) is 6.54 Å². The molecule has 5 heteroatoms. The van der Waals surface area contributed by atoms with Crippen LogP contribution in [0.3, 0.4) is 0 Å². The molecule has 1 aliphatic heterocycles. The number of rotatable bonds is 4. The van der Waals surface area contributed by atoms with Crippen molar-refractivity contribution in [1.29, 1.82) is 0 Å². The number of benzene rings is 1. The molecule has 3 N–H and O–H groups in total. The van der Waals surface area contributed by atoms with Crippen LogP contribution in [0.4, 0.5) is 4.39 Å². The van der Waals surface area contributed by atoms with E-state index in [4.69, 9.17) is 23.1 Å². The SMILES string of the molecule is NC(=S)c1ccc(CN2CCC(CO)CC2)c(F)c1. The Morgan fingerprint density at radius 1 is 1.42 bits per heavy atom. The second-order valence-corrected chi connectivity index (χ2v) is 5.51. The Labute approximate surface area is 118 Å². The molecule has 0 radical (unpaired) electrons. The predicted octanol–water partition coefficient (Wildman–Crippen LogP) is 1.66. The van der Waals surface area contributed by atoms with E-state index in [0.717, 1.165) is 25.9 Å². The van der Waals surface area contributed by atoms with Crippen LogP contribution in [0.1, 0.15) is 24.0 Å². The monoisotopic (exact) mass is 282 g/mol. The van der Waals surface area contributed by atoms with Crippen molar-refractivity contribution in [3.8, 4) is 0 Å². The van der Waals surface area contributed by atoms with E-state index >= 15 is 0 Å². The van der Waals surface area contributed by atoms with E-state index in [2.05, 4.69) is 4.90 Å². The molecule has 1 aliphatic rings. The summed E-state index contributed by atoms with van der Waals surface area (Å²) in [5.74, 6) is 0.146. The Balaban J connectivity index is 1.98. The summed E-state index contributed by atoms with van der Waals surface area (Å²) >= 11 is 4.83. The highest BCUT2D eigenvalue weighted by Crippen LogP contribution is 2.20. The predicted molar refractivity (Wildman–Crippen MR) is 77.4 cm³/mol. The quantitative estimate of drug-likeness (QED) is 0.825. The first kappa shape index (κ1) is 14.4. The molecule has 1 saturated heterocycles. The Bertz CT molecular complexity index is 459. The van der Waals surface area contributed by atoms with Gasteiger partial charge in [-0.15, -0.1) is 0 Å². The lowest BCUT2D eigenvalue weighted by atomic mass is 9.97. The van der Waals surface area contributed by atoms with Gasteiger partial charge in [0.2, 0.25) is 0 Å². The number of hydrogen-bond acceptors (Lipinski definition) is 3. The van der Waals surface area contributed by atoms with E-state index in [9.17, 15) is 4.39 Å². The number of halogens is 1. The zero-order chi connectivity index (χ0) is 13.8. The molecule has 0 unspecified atom stereocenters. The third-order valence-corrected chi connectivity index (χ3v) is 3.93. The smallest absolute Gasteiger partial charge is 0.128 e. The van der Waals surface area contributed by atoms with Crippen molar-refractivity contribution in [2.45, 2.75) is 19.4 Å². The molecular weight excluding hydrogens is 263 g/mol. The summed E-state index contributed by atoms with van der Waals surface area (Å²) in [5, 5.41) is 9.09. The van der Waals surface area contributed by atoms with Gasteiger partial charge in [0.25, 0.3) is 0 Å². The summed E-state index contributed by atoms with van der Waals surface area (Å²) in [7, 11) is 0. The number of likely N-dealkylation sites (tertiary alicyclic amines) is 1. The van der Waals surface area contributed by atoms with Gasteiger partial charge in [0.05, 0.1) is 0 Å². The van der Waals surface area contributed by atoms with Gasteiger partial charge in [-0.3, -0.25) is 4.90 Å². The molecule has 0 spiro atoms. The molecule has 0 bridgehead atoms. The first-order chi connectivity index (χ1) is 9.10. The van der Waals surface area contributed by atoms with Gasteiger partial charge in [-0.25, -0.2) is 4.39 Å². The lowest BCUT2D eigenvalue weighted by Gasteiger charge is -2.31. The minimum Gasteiger partial charge on any atom is -0.396 e. The van der Waals surface area contributed by atoms with Crippen LogP contribution < -0.4 is 5.73 Å². The fourth-order valence-corrected chi connectivity index (χ4v) is 2.52. The van der Waals surface area contributed by atoms with Crippen molar-refractivity contribution in [2.75, 3.05) is 19.7 Å². The Hall–Kier alpha value is -1.04.